The van der Waals surface area contributed by atoms with Crippen LogP contribution in [0.5, 0.6) is 0 Å². The molecular weight excluding hydrogens is 214 g/mol. The summed E-state index contributed by atoms with van der Waals surface area (Å²) in [6.07, 6.45) is 0.490. The van der Waals surface area contributed by atoms with Gasteiger partial charge in [0.15, 0.2) is 5.78 Å². The Bertz CT molecular complexity index is 388. The first-order valence-electron chi connectivity index (χ1n) is 6.06. The van der Waals surface area contributed by atoms with Gasteiger partial charge in [0.25, 0.3) is 0 Å². The van der Waals surface area contributed by atoms with Crippen LogP contribution in [0.1, 0.15) is 16.7 Å². The molecule has 1 aliphatic rings. The lowest BCUT2D eigenvalue weighted by Gasteiger charge is -2.22. The summed E-state index contributed by atoms with van der Waals surface area (Å²) in [5, 5.41) is 3.19. The van der Waals surface area contributed by atoms with Gasteiger partial charge in [-0.25, -0.2) is 0 Å². The monoisotopic (exact) mass is 233 g/mol. The molecular formula is C14H19NO2. The largest absolute Gasteiger partial charge is 0.378 e. The summed E-state index contributed by atoms with van der Waals surface area (Å²) in [5.74, 6) is 0.217. The van der Waals surface area contributed by atoms with E-state index < -0.39 is 0 Å². The third kappa shape index (κ3) is 3.38. The predicted molar refractivity (Wildman–Crippen MR) is 67.2 cm³/mol. The van der Waals surface area contributed by atoms with E-state index in [9.17, 15) is 4.79 Å². The number of ether oxygens (including phenoxy) is 1. The highest BCUT2D eigenvalue weighted by molar-refractivity contribution is 5.86. The van der Waals surface area contributed by atoms with Crippen LogP contribution >= 0.6 is 0 Å². The van der Waals surface area contributed by atoms with Gasteiger partial charge in [0, 0.05) is 13.0 Å². The Hall–Kier alpha value is -1.19. The quantitative estimate of drug-likeness (QED) is 0.857. The lowest BCUT2D eigenvalue weighted by atomic mass is 10.00. The number of morpholine rings is 1. The van der Waals surface area contributed by atoms with E-state index in [1.54, 1.807) is 0 Å². The van der Waals surface area contributed by atoms with Crippen LogP contribution < -0.4 is 5.32 Å². The number of ketones is 1. The van der Waals surface area contributed by atoms with Crippen molar-refractivity contribution in [2.75, 3.05) is 19.8 Å². The highest BCUT2D eigenvalue weighted by Gasteiger charge is 2.21. The molecule has 1 heterocycles. The van der Waals surface area contributed by atoms with E-state index in [1.807, 2.05) is 0 Å². The number of hydrogen-bond donors (Lipinski definition) is 1. The highest BCUT2D eigenvalue weighted by Crippen LogP contribution is 2.11. The fraction of sp³-hybridized carbons (Fsp3) is 0.500. The number of benzene rings is 1. The third-order valence-corrected chi connectivity index (χ3v) is 2.97. The van der Waals surface area contributed by atoms with E-state index in [0.29, 0.717) is 19.6 Å². The van der Waals surface area contributed by atoms with Crippen LogP contribution in [-0.2, 0) is 16.0 Å². The summed E-state index contributed by atoms with van der Waals surface area (Å²) >= 11 is 0. The van der Waals surface area contributed by atoms with Crippen molar-refractivity contribution in [2.24, 2.45) is 0 Å². The van der Waals surface area contributed by atoms with Crippen LogP contribution in [0.4, 0.5) is 0 Å². The maximum Gasteiger partial charge on any atom is 0.156 e. The fourth-order valence-electron chi connectivity index (χ4n) is 2.27. The van der Waals surface area contributed by atoms with Crippen LogP contribution in [0.15, 0.2) is 18.2 Å². The normalized spacial score (nSPS) is 20.2. The van der Waals surface area contributed by atoms with Gasteiger partial charge in [-0.15, -0.1) is 0 Å². The Labute approximate surface area is 102 Å². The van der Waals surface area contributed by atoms with Crippen molar-refractivity contribution in [3.05, 3.63) is 34.9 Å². The molecule has 0 saturated carbocycles. The van der Waals surface area contributed by atoms with Crippen molar-refractivity contribution in [1.29, 1.82) is 0 Å². The Balaban J connectivity index is 2.01. The second kappa shape index (κ2) is 5.43. The molecule has 0 spiro atoms. The lowest BCUT2D eigenvalue weighted by Crippen LogP contribution is -2.47. The molecule has 1 saturated heterocycles. The van der Waals surface area contributed by atoms with Crippen molar-refractivity contribution in [2.45, 2.75) is 26.3 Å². The smallest absolute Gasteiger partial charge is 0.156 e. The molecule has 2 rings (SSSR count). The minimum Gasteiger partial charge on any atom is -0.378 e. The Morgan fingerprint density at radius 2 is 2.06 bits per heavy atom. The van der Waals surface area contributed by atoms with Gasteiger partial charge in [0.2, 0.25) is 0 Å². The first-order chi connectivity index (χ1) is 8.15. The number of hydrogen-bond acceptors (Lipinski definition) is 3. The van der Waals surface area contributed by atoms with Gasteiger partial charge in [0.05, 0.1) is 19.3 Å². The van der Waals surface area contributed by atoms with Crippen molar-refractivity contribution in [3.63, 3.8) is 0 Å². The molecule has 0 aromatic heterocycles. The van der Waals surface area contributed by atoms with Gasteiger partial charge in [0.1, 0.15) is 0 Å². The summed E-state index contributed by atoms with van der Waals surface area (Å²) in [4.78, 5) is 12.0. The SMILES string of the molecule is Cc1cc(C)cc(CC(=O)C2COCCN2)c1. The summed E-state index contributed by atoms with van der Waals surface area (Å²) in [7, 11) is 0. The minimum atomic E-state index is -0.135. The molecule has 0 radical (unpaired) electrons. The van der Waals surface area contributed by atoms with Crippen molar-refractivity contribution in [1.82, 2.24) is 5.32 Å². The molecule has 0 bridgehead atoms. The van der Waals surface area contributed by atoms with E-state index >= 15 is 0 Å². The summed E-state index contributed by atoms with van der Waals surface area (Å²) < 4.78 is 5.31. The summed E-state index contributed by atoms with van der Waals surface area (Å²) in [6, 6.07) is 6.14. The van der Waals surface area contributed by atoms with Crippen molar-refractivity contribution < 1.29 is 9.53 Å². The summed E-state index contributed by atoms with van der Waals surface area (Å²) in [5.41, 5.74) is 3.51. The second-order valence-corrected chi connectivity index (χ2v) is 4.72. The van der Waals surface area contributed by atoms with Crippen LogP contribution in [0.2, 0.25) is 0 Å². The molecule has 3 nitrogen and oxygen atoms in total. The number of nitrogens with one attached hydrogen (secondary N) is 1. The maximum absolute atomic E-state index is 12.0. The zero-order valence-electron chi connectivity index (χ0n) is 10.5. The minimum absolute atomic E-state index is 0.135. The van der Waals surface area contributed by atoms with Crippen LogP contribution in [-0.4, -0.2) is 31.6 Å². The molecule has 0 amide bonds. The molecule has 1 aromatic rings. The van der Waals surface area contributed by atoms with E-state index in [4.69, 9.17) is 4.74 Å². The number of Topliss-reactive ketones (excluding diaryl/α,β-unsaturated/α-hetero) is 1. The lowest BCUT2D eigenvalue weighted by molar-refractivity contribution is -0.123. The third-order valence-electron chi connectivity index (χ3n) is 2.97. The molecule has 1 unspecified atom stereocenters. The zero-order valence-corrected chi connectivity index (χ0v) is 10.5. The van der Waals surface area contributed by atoms with Crippen LogP contribution in [0, 0.1) is 13.8 Å². The van der Waals surface area contributed by atoms with E-state index in [0.717, 1.165) is 12.1 Å². The predicted octanol–water partition coefficient (Wildman–Crippen LogP) is 1.40. The first-order valence-corrected chi connectivity index (χ1v) is 6.06. The average molecular weight is 233 g/mol. The van der Waals surface area contributed by atoms with E-state index in [-0.39, 0.29) is 11.8 Å². The van der Waals surface area contributed by atoms with E-state index in [2.05, 4.69) is 37.4 Å². The highest BCUT2D eigenvalue weighted by atomic mass is 16.5. The molecule has 1 atom stereocenters. The molecule has 1 aliphatic heterocycles. The van der Waals surface area contributed by atoms with Gasteiger partial charge >= 0.3 is 0 Å². The van der Waals surface area contributed by atoms with Gasteiger partial charge in [-0.3, -0.25) is 4.79 Å². The second-order valence-electron chi connectivity index (χ2n) is 4.72. The molecule has 1 fully saturated rings. The van der Waals surface area contributed by atoms with E-state index in [1.165, 1.54) is 11.1 Å². The Morgan fingerprint density at radius 1 is 1.35 bits per heavy atom. The Kier molecular flexibility index (Phi) is 3.92. The number of aryl methyl sites for hydroxylation is 2. The van der Waals surface area contributed by atoms with Crippen LogP contribution in [0.3, 0.4) is 0 Å². The summed E-state index contributed by atoms with van der Waals surface area (Å²) in [6.45, 7) is 6.09. The Morgan fingerprint density at radius 3 is 2.65 bits per heavy atom. The average Bonchev–Trinajstić information content (AvgIpc) is 2.28. The molecule has 1 aromatic carbocycles. The molecule has 0 aliphatic carbocycles. The van der Waals surface area contributed by atoms with Gasteiger partial charge in [-0.05, 0) is 19.4 Å². The van der Waals surface area contributed by atoms with Crippen molar-refractivity contribution in [3.8, 4) is 0 Å². The standard InChI is InChI=1S/C14H19NO2/c1-10-5-11(2)7-12(6-10)8-14(16)13-9-17-4-3-15-13/h5-7,13,15H,3-4,8-9H2,1-2H3. The number of carbonyl (C=O) groups is 1. The first kappa shape index (κ1) is 12.3. The number of carbonyl (C=O) groups excluding carboxylic acids is 1. The van der Waals surface area contributed by atoms with Crippen molar-refractivity contribution >= 4 is 5.78 Å². The van der Waals surface area contributed by atoms with Gasteiger partial charge in [-0.1, -0.05) is 29.3 Å². The maximum atomic E-state index is 12.0. The number of rotatable bonds is 3. The molecule has 17 heavy (non-hydrogen) atoms. The topological polar surface area (TPSA) is 38.3 Å². The van der Waals surface area contributed by atoms with Gasteiger partial charge < -0.3 is 10.1 Å². The molecule has 1 N–H and O–H groups in total. The van der Waals surface area contributed by atoms with Gasteiger partial charge in [-0.2, -0.15) is 0 Å². The zero-order chi connectivity index (χ0) is 12.3. The molecule has 3 heteroatoms. The van der Waals surface area contributed by atoms with Crippen LogP contribution in [0.25, 0.3) is 0 Å². The molecule has 92 valence electrons. The fourth-order valence-corrected chi connectivity index (χ4v) is 2.27.